The Labute approximate surface area is 85.9 Å². The number of nitrogens with one attached hydrogen (secondary N) is 1. The fourth-order valence-corrected chi connectivity index (χ4v) is 0.978. The van der Waals surface area contributed by atoms with Crippen molar-refractivity contribution in [3.05, 3.63) is 0 Å². The second kappa shape index (κ2) is 7.34. The smallest absolute Gasteiger partial charge is 0.234 e. The van der Waals surface area contributed by atoms with Crippen LogP contribution in [-0.2, 0) is 4.79 Å². The van der Waals surface area contributed by atoms with E-state index in [2.05, 4.69) is 19.2 Å². The number of amides is 1. The molecule has 0 fully saturated rings. The molecule has 1 N–H and O–H groups in total. The summed E-state index contributed by atoms with van der Waals surface area (Å²) in [6.45, 7) is 5.54. The van der Waals surface area contributed by atoms with E-state index in [1.165, 1.54) is 0 Å². The molecular formula is C10H19N3O. The summed E-state index contributed by atoms with van der Waals surface area (Å²) in [7, 11) is 1.76. The van der Waals surface area contributed by atoms with Crippen molar-refractivity contribution in [2.24, 2.45) is 5.92 Å². The molecule has 4 nitrogen and oxygen atoms in total. The lowest BCUT2D eigenvalue weighted by Gasteiger charge is -2.12. The van der Waals surface area contributed by atoms with Gasteiger partial charge in [0.05, 0.1) is 19.2 Å². The summed E-state index contributed by atoms with van der Waals surface area (Å²) in [5.41, 5.74) is 0. The van der Waals surface area contributed by atoms with Crippen molar-refractivity contribution in [3.8, 4) is 6.07 Å². The number of nitrogens with zero attached hydrogens (tertiary/aromatic N) is 2. The monoisotopic (exact) mass is 197 g/mol. The highest BCUT2D eigenvalue weighted by Crippen LogP contribution is 1.96. The van der Waals surface area contributed by atoms with Gasteiger partial charge in [-0.25, -0.2) is 0 Å². The molecule has 0 aromatic rings. The van der Waals surface area contributed by atoms with E-state index >= 15 is 0 Å². The van der Waals surface area contributed by atoms with Gasteiger partial charge in [0.1, 0.15) is 0 Å². The number of carbonyl (C=O) groups is 1. The lowest BCUT2D eigenvalue weighted by Crippen LogP contribution is -2.36. The molecule has 80 valence electrons. The summed E-state index contributed by atoms with van der Waals surface area (Å²) in [6, 6.07) is 1.99. The second-order valence-corrected chi connectivity index (χ2v) is 3.86. The summed E-state index contributed by atoms with van der Waals surface area (Å²) >= 11 is 0. The highest BCUT2D eigenvalue weighted by molar-refractivity contribution is 5.77. The van der Waals surface area contributed by atoms with Gasteiger partial charge in [-0.05, 0) is 19.4 Å². The average Bonchev–Trinajstić information content (AvgIpc) is 2.03. The molecule has 14 heavy (non-hydrogen) atoms. The quantitative estimate of drug-likeness (QED) is 0.634. The Morgan fingerprint density at radius 1 is 1.57 bits per heavy atom. The predicted octanol–water partition coefficient (Wildman–Crippen LogP) is 0.604. The fourth-order valence-electron chi connectivity index (χ4n) is 0.978. The van der Waals surface area contributed by atoms with E-state index in [0.717, 1.165) is 13.0 Å². The zero-order valence-electron chi connectivity index (χ0n) is 9.21. The van der Waals surface area contributed by atoms with Crippen LogP contribution in [0.25, 0.3) is 0 Å². The van der Waals surface area contributed by atoms with E-state index in [1.807, 2.05) is 6.07 Å². The van der Waals surface area contributed by atoms with Gasteiger partial charge in [-0.3, -0.25) is 9.69 Å². The molecule has 0 spiro atoms. The third-order valence-corrected chi connectivity index (χ3v) is 1.80. The maximum Gasteiger partial charge on any atom is 0.234 e. The summed E-state index contributed by atoms with van der Waals surface area (Å²) in [5, 5.41) is 11.2. The van der Waals surface area contributed by atoms with E-state index in [0.29, 0.717) is 12.5 Å². The highest BCUT2D eigenvalue weighted by atomic mass is 16.1. The van der Waals surface area contributed by atoms with Gasteiger partial charge in [-0.1, -0.05) is 13.8 Å². The van der Waals surface area contributed by atoms with E-state index in [1.54, 1.807) is 11.9 Å². The zero-order chi connectivity index (χ0) is 11.0. The average molecular weight is 197 g/mol. The Kier molecular flexibility index (Phi) is 6.77. The van der Waals surface area contributed by atoms with Gasteiger partial charge in [0.25, 0.3) is 0 Å². The normalized spacial score (nSPS) is 10.3. The van der Waals surface area contributed by atoms with Crippen LogP contribution in [0, 0.1) is 17.2 Å². The van der Waals surface area contributed by atoms with Gasteiger partial charge >= 0.3 is 0 Å². The lowest BCUT2D eigenvalue weighted by molar-refractivity contribution is -0.121. The second-order valence-electron chi connectivity index (χ2n) is 3.86. The van der Waals surface area contributed by atoms with Crippen molar-refractivity contribution < 1.29 is 4.79 Å². The molecular weight excluding hydrogens is 178 g/mol. The first kappa shape index (κ1) is 12.9. The number of nitriles is 1. The lowest BCUT2D eigenvalue weighted by atomic mass is 10.1. The fraction of sp³-hybridized carbons (Fsp3) is 0.800. The molecule has 0 heterocycles. The molecule has 0 saturated heterocycles. The Morgan fingerprint density at radius 2 is 2.21 bits per heavy atom. The largest absolute Gasteiger partial charge is 0.355 e. The molecule has 0 unspecified atom stereocenters. The van der Waals surface area contributed by atoms with Gasteiger partial charge in [0.15, 0.2) is 0 Å². The van der Waals surface area contributed by atoms with Gasteiger partial charge in [-0.2, -0.15) is 5.26 Å². The Morgan fingerprint density at radius 3 is 2.71 bits per heavy atom. The minimum Gasteiger partial charge on any atom is -0.355 e. The minimum absolute atomic E-state index is 0.0107. The van der Waals surface area contributed by atoms with E-state index in [-0.39, 0.29) is 12.5 Å². The number of rotatable bonds is 6. The molecule has 0 saturated carbocycles. The zero-order valence-corrected chi connectivity index (χ0v) is 9.21. The van der Waals surface area contributed by atoms with Crippen molar-refractivity contribution in [1.82, 2.24) is 10.2 Å². The van der Waals surface area contributed by atoms with Gasteiger partial charge < -0.3 is 5.32 Å². The van der Waals surface area contributed by atoms with Crippen LogP contribution >= 0.6 is 0 Å². The van der Waals surface area contributed by atoms with Crippen LogP contribution in [0.15, 0.2) is 0 Å². The molecule has 0 bridgehead atoms. The first-order valence-electron chi connectivity index (χ1n) is 4.88. The number of carbonyl (C=O) groups excluding carboxylic acids is 1. The highest BCUT2D eigenvalue weighted by Gasteiger charge is 2.05. The third kappa shape index (κ3) is 7.56. The Bertz CT molecular complexity index is 208. The number of likely N-dealkylation sites (N-methyl/N-ethyl adjacent to an activating group) is 1. The van der Waals surface area contributed by atoms with E-state index in [4.69, 9.17) is 5.26 Å². The maximum absolute atomic E-state index is 11.2. The van der Waals surface area contributed by atoms with Crippen LogP contribution < -0.4 is 5.32 Å². The molecule has 0 aromatic carbocycles. The summed E-state index contributed by atoms with van der Waals surface area (Å²) in [5.74, 6) is 0.593. The minimum atomic E-state index is -0.0107. The first-order chi connectivity index (χ1) is 6.56. The van der Waals surface area contributed by atoms with Crippen molar-refractivity contribution in [2.45, 2.75) is 20.3 Å². The van der Waals surface area contributed by atoms with Crippen molar-refractivity contribution in [2.75, 3.05) is 26.7 Å². The van der Waals surface area contributed by atoms with Crippen molar-refractivity contribution >= 4 is 5.91 Å². The Balaban J connectivity index is 3.51. The van der Waals surface area contributed by atoms with Crippen LogP contribution in [0.1, 0.15) is 20.3 Å². The molecule has 0 aliphatic heterocycles. The summed E-state index contributed by atoms with van der Waals surface area (Å²) in [4.78, 5) is 12.9. The van der Waals surface area contributed by atoms with Crippen LogP contribution in [-0.4, -0.2) is 37.5 Å². The van der Waals surface area contributed by atoms with E-state index in [9.17, 15) is 4.79 Å². The SMILES string of the molecule is CC(C)CCNC(=O)CN(C)CC#N. The molecule has 1 amide bonds. The molecule has 0 radical (unpaired) electrons. The predicted molar refractivity (Wildman–Crippen MR) is 55.6 cm³/mol. The number of hydrogen-bond acceptors (Lipinski definition) is 3. The summed E-state index contributed by atoms with van der Waals surface area (Å²) < 4.78 is 0. The molecule has 0 aromatic heterocycles. The third-order valence-electron chi connectivity index (χ3n) is 1.80. The standard InChI is InChI=1S/C10H19N3O/c1-9(2)4-6-12-10(14)8-13(3)7-5-11/h9H,4,6-8H2,1-3H3,(H,12,14). The topological polar surface area (TPSA) is 56.1 Å². The van der Waals surface area contributed by atoms with Gasteiger partial charge in [0.2, 0.25) is 5.91 Å². The van der Waals surface area contributed by atoms with Crippen molar-refractivity contribution in [1.29, 1.82) is 5.26 Å². The number of hydrogen-bond donors (Lipinski definition) is 1. The summed E-state index contributed by atoms with van der Waals surface area (Å²) in [6.07, 6.45) is 0.994. The molecule has 0 atom stereocenters. The molecule has 0 aliphatic carbocycles. The molecule has 0 aliphatic rings. The molecule has 4 heteroatoms. The van der Waals surface area contributed by atoms with E-state index < -0.39 is 0 Å². The van der Waals surface area contributed by atoms with Crippen LogP contribution in [0.5, 0.6) is 0 Å². The Hall–Kier alpha value is -1.08. The van der Waals surface area contributed by atoms with Crippen LogP contribution in [0.4, 0.5) is 0 Å². The van der Waals surface area contributed by atoms with Gasteiger partial charge in [0, 0.05) is 6.54 Å². The van der Waals surface area contributed by atoms with Crippen molar-refractivity contribution in [3.63, 3.8) is 0 Å². The first-order valence-corrected chi connectivity index (χ1v) is 4.88. The van der Waals surface area contributed by atoms with Crippen LogP contribution in [0.2, 0.25) is 0 Å². The van der Waals surface area contributed by atoms with Gasteiger partial charge in [-0.15, -0.1) is 0 Å². The maximum atomic E-state index is 11.2. The van der Waals surface area contributed by atoms with Crippen LogP contribution in [0.3, 0.4) is 0 Å². The molecule has 0 rings (SSSR count).